The number of allylic oxidation sites excluding steroid dienone is 4. The van der Waals surface area contributed by atoms with E-state index in [2.05, 4.69) is 45.2 Å². The summed E-state index contributed by atoms with van der Waals surface area (Å²) >= 11 is 0. The van der Waals surface area contributed by atoms with Gasteiger partial charge in [0.2, 0.25) is 0 Å². The Labute approximate surface area is 138 Å². The molecule has 0 bridgehead atoms. The van der Waals surface area contributed by atoms with Gasteiger partial charge in [0.1, 0.15) is 0 Å². The minimum Gasteiger partial charge on any atom is -0.390 e. The van der Waals surface area contributed by atoms with Gasteiger partial charge in [-0.1, -0.05) is 44.1 Å². The third-order valence-electron chi connectivity index (χ3n) is 4.48. The third kappa shape index (κ3) is 8.14. The summed E-state index contributed by atoms with van der Waals surface area (Å²) in [6.07, 6.45) is 9.04. The molecule has 0 saturated carbocycles. The van der Waals surface area contributed by atoms with Crippen LogP contribution in [0.1, 0.15) is 67.2 Å². The van der Waals surface area contributed by atoms with E-state index in [1.54, 1.807) is 5.57 Å². The molecule has 128 valence electrons. The first-order valence-electron chi connectivity index (χ1n) is 8.96. The van der Waals surface area contributed by atoms with Gasteiger partial charge >= 0.3 is 0 Å². The minimum absolute atomic E-state index is 0.529. The molecule has 0 spiro atoms. The summed E-state index contributed by atoms with van der Waals surface area (Å²) in [6, 6.07) is 0. The average Bonchev–Trinajstić information content (AvgIpc) is 2.36. The van der Waals surface area contributed by atoms with E-state index in [1.807, 2.05) is 13.8 Å². The SMILES string of the molecule is CC1=CC=C([C@@H](C)CC(CNCC(C)C)CC(C)(C)O)CC1. The highest BCUT2D eigenvalue weighted by molar-refractivity contribution is 5.24. The topological polar surface area (TPSA) is 32.3 Å². The highest BCUT2D eigenvalue weighted by atomic mass is 16.3. The fraction of sp³-hybridized carbons (Fsp3) is 0.800. The van der Waals surface area contributed by atoms with Crippen LogP contribution in [0.5, 0.6) is 0 Å². The lowest BCUT2D eigenvalue weighted by atomic mass is 9.81. The molecule has 22 heavy (non-hydrogen) atoms. The van der Waals surface area contributed by atoms with Gasteiger partial charge < -0.3 is 10.4 Å². The molecule has 0 aromatic carbocycles. The number of nitrogens with one attached hydrogen (secondary N) is 1. The van der Waals surface area contributed by atoms with E-state index in [1.165, 1.54) is 18.4 Å². The van der Waals surface area contributed by atoms with Crippen LogP contribution < -0.4 is 5.32 Å². The average molecular weight is 308 g/mol. The lowest BCUT2D eigenvalue weighted by Gasteiger charge is -2.29. The van der Waals surface area contributed by atoms with Crippen LogP contribution in [0, 0.1) is 17.8 Å². The standard InChI is InChI=1S/C20H37NO/c1-15(2)13-21-14-18(12-20(5,6)22)11-17(4)19-9-7-16(3)8-10-19/h7,9,15,17-18,21-22H,8,10-14H2,1-6H3/t17-,18?/m0/s1. The number of hydrogen-bond acceptors (Lipinski definition) is 2. The predicted molar refractivity (Wildman–Crippen MR) is 97.0 cm³/mol. The van der Waals surface area contributed by atoms with Gasteiger partial charge in [0, 0.05) is 0 Å². The van der Waals surface area contributed by atoms with Gasteiger partial charge in [-0.25, -0.2) is 0 Å². The van der Waals surface area contributed by atoms with Gasteiger partial charge in [0.15, 0.2) is 0 Å². The maximum atomic E-state index is 10.2. The highest BCUT2D eigenvalue weighted by Crippen LogP contribution is 2.30. The molecular formula is C20H37NO. The van der Waals surface area contributed by atoms with E-state index >= 15 is 0 Å². The van der Waals surface area contributed by atoms with Crippen LogP contribution in [0.25, 0.3) is 0 Å². The summed E-state index contributed by atoms with van der Waals surface area (Å²) in [5.41, 5.74) is 2.49. The summed E-state index contributed by atoms with van der Waals surface area (Å²) in [5.74, 6) is 1.81. The lowest BCUT2D eigenvalue weighted by molar-refractivity contribution is 0.0490. The van der Waals surface area contributed by atoms with Gasteiger partial charge in [-0.15, -0.1) is 0 Å². The first-order valence-corrected chi connectivity index (χ1v) is 8.96. The first-order chi connectivity index (χ1) is 10.2. The molecule has 1 rings (SSSR count). The fourth-order valence-electron chi connectivity index (χ4n) is 3.34. The number of aliphatic hydroxyl groups is 1. The van der Waals surface area contributed by atoms with Crippen molar-refractivity contribution in [2.24, 2.45) is 17.8 Å². The molecule has 0 aliphatic heterocycles. The van der Waals surface area contributed by atoms with Crippen molar-refractivity contribution in [3.05, 3.63) is 23.3 Å². The minimum atomic E-state index is -0.582. The highest BCUT2D eigenvalue weighted by Gasteiger charge is 2.23. The van der Waals surface area contributed by atoms with Gasteiger partial charge in [-0.05, 0) is 77.3 Å². The molecular weight excluding hydrogens is 270 g/mol. The van der Waals surface area contributed by atoms with Crippen molar-refractivity contribution in [1.82, 2.24) is 5.32 Å². The van der Waals surface area contributed by atoms with Gasteiger partial charge in [-0.2, -0.15) is 0 Å². The van der Waals surface area contributed by atoms with Crippen LogP contribution >= 0.6 is 0 Å². The van der Waals surface area contributed by atoms with Crippen molar-refractivity contribution in [1.29, 1.82) is 0 Å². The first kappa shape index (κ1) is 19.4. The summed E-state index contributed by atoms with van der Waals surface area (Å²) in [5, 5.41) is 13.8. The molecule has 2 nitrogen and oxygen atoms in total. The van der Waals surface area contributed by atoms with Crippen molar-refractivity contribution in [3.8, 4) is 0 Å². The molecule has 0 aromatic rings. The Kier molecular flexibility index (Phi) is 7.85. The second kappa shape index (κ2) is 8.88. The van der Waals surface area contributed by atoms with Gasteiger partial charge in [-0.3, -0.25) is 0 Å². The largest absolute Gasteiger partial charge is 0.390 e. The Morgan fingerprint density at radius 1 is 1.14 bits per heavy atom. The van der Waals surface area contributed by atoms with E-state index in [0.29, 0.717) is 17.8 Å². The zero-order valence-electron chi connectivity index (χ0n) is 15.6. The lowest BCUT2D eigenvalue weighted by Crippen LogP contribution is -2.33. The van der Waals surface area contributed by atoms with Crippen LogP contribution in [-0.4, -0.2) is 23.8 Å². The molecule has 2 heteroatoms. The molecule has 2 N–H and O–H groups in total. The molecule has 2 atom stereocenters. The van der Waals surface area contributed by atoms with Gasteiger partial charge in [0.25, 0.3) is 0 Å². The second-order valence-corrected chi connectivity index (χ2v) is 8.33. The number of rotatable bonds is 9. The molecule has 1 aliphatic carbocycles. The molecule has 1 unspecified atom stereocenters. The van der Waals surface area contributed by atoms with E-state index in [4.69, 9.17) is 0 Å². The molecule has 0 fully saturated rings. The quantitative estimate of drug-likeness (QED) is 0.647. The van der Waals surface area contributed by atoms with Crippen LogP contribution in [0.4, 0.5) is 0 Å². The number of hydrogen-bond donors (Lipinski definition) is 2. The summed E-state index contributed by atoms with van der Waals surface area (Å²) in [6.45, 7) is 15.0. The van der Waals surface area contributed by atoms with E-state index < -0.39 is 5.60 Å². The van der Waals surface area contributed by atoms with Crippen molar-refractivity contribution < 1.29 is 5.11 Å². The molecule has 0 heterocycles. The van der Waals surface area contributed by atoms with Crippen molar-refractivity contribution >= 4 is 0 Å². The maximum Gasteiger partial charge on any atom is 0.0594 e. The summed E-state index contributed by atoms with van der Waals surface area (Å²) < 4.78 is 0. The molecule has 0 saturated heterocycles. The Bertz CT molecular complexity index is 387. The van der Waals surface area contributed by atoms with Crippen LogP contribution in [-0.2, 0) is 0 Å². The Balaban J connectivity index is 2.58. The zero-order chi connectivity index (χ0) is 16.8. The molecule has 0 radical (unpaired) electrons. The molecule has 0 amide bonds. The molecule has 1 aliphatic rings. The predicted octanol–water partition coefficient (Wildman–Crippen LogP) is 4.70. The summed E-state index contributed by atoms with van der Waals surface area (Å²) in [4.78, 5) is 0. The van der Waals surface area contributed by atoms with Gasteiger partial charge in [0.05, 0.1) is 5.60 Å². The second-order valence-electron chi connectivity index (χ2n) is 8.33. The van der Waals surface area contributed by atoms with E-state index in [9.17, 15) is 5.11 Å². The van der Waals surface area contributed by atoms with Crippen molar-refractivity contribution in [2.75, 3.05) is 13.1 Å². The Morgan fingerprint density at radius 3 is 2.32 bits per heavy atom. The summed E-state index contributed by atoms with van der Waals surface area (Å²) in [7, 11) is 0. The zero-order valence-corrected chi connectivity index (χ0v) is 15.6. The van der Waals surface area contributed by atoms with E-state index in [-0.39, 0.29) is 0 Å². The fourth-order valence-corrected chi connectivity index (χ4v) is 3.34. The normalized spacial score (nSPS) is 18.9. The smallest absolute Gasteiger partial charge is 0.0594 e. The monoisotopic (exact) mass is 307 g/mol. The van der Waals surface area contributed by atoms with Crippen LogP contribution in [0.15, 0.2) is 23.3 Å². The van der Waals surface area contributed by atoms with Crippen molar-refractivity contribution in [2.45, 2.75) is 72.8 Å². The Morgan fingerprint density at radius 2 is 1.82 bits per heavy atom. The van der Waals surface area contributed by atoms with Crippen molar-refractivity contribution in [3.63, 3.8) is 0 Å². The van der Waals surface area contributed by atoms with E-state index in [0.717, 1.165) is 25.9 Å². The third-order valence-corrected chi connectivity index (χ3v) is 4.48. The maximum absolute atomic E-state index is 10.2. The molecule has 0 aromatic heterocycles. The Hall–Kier alpha value is -0.600. The van der Waals surface area contributed by atoms with Crippen LogP contribution in [0.3, 0.4) is 0 Å². The van der Waals surface area contributed by atoms with Crippen LogP contribution in [0.2, 0.25) is 0 Å².